The van der Waals surface area contributed by atoms with Gasteiger partial charge in [-0.05, 0) is 33.1 Å². The molecule has 138 valence electrons. The van der Waals surface area contributed by atoms with Gasteiger partial charge in [0, 0.05) is 33.2 Å². The topological polar surface area (TPSA) is 83.0 Å². The first-order valence-electron chi connectivity index (χ1n) is 9.59. The van der Waals surface area contributed by atoms with Gasteiger partial charge in [0.15, 0.2) is 5.82 Å². The highest BCUT2D eigenvalue weighted by Gasteiger charge is 2.45. The second-order valence-electron chi connectivity index (χ2n) is 6.53. The van der Waals surface area contributed by atoms with Crippen LogP contribution in [-0.4, -0.2) is 44.1 Å². The molecular formula is C16H22F3N5O. The first-order chi connectivity index (χ1) is 12.8. The molecule has 0 aromatic carbocycles. The number of nitrogens with zero attached hydrogens (tertiary/aromatic N) is 3. The molecule has 0 amide bonds. The van der Waals surface area contributed by atoms with Crippen molar-refractivity contribution in [1.29, 1.82) is 0 Å². The number of aromatic nitrogens is 3. The van der Waals surface area contributed by atoms with Crippen LogP contribution in [0.15, 0.2) is 5.83 Å². The van der Waals surface area contributed by atoms with Crippen LogP contribution in [0.3, 0.4) is 0 Å². The number of nitrogens with one attached hydrogen (secondary N) is 2. The van der Waals surface area contributed by atoms with E-state index in [9.17, 15) is 18.3 Å². The van der Waals surface area contributed by atoms with Crippen molar-refractivity contribution in [2.45, 2.75) is 70.0 Å². The summed E-state index contributed by atoms with van der Waals surface area (Å²) >= 11 is 0. The fourth-order valence-corrected chi connectivity index (χ4v) is 2.69. The van der Waals surface area contributed by atoms with Crippen LogP contribution in [0.1, 0.15) is 55.8 Å². The van der Waals surface area contributed by atoms with E-state index in [1.54, 1.807) is 0 Å². The lowest BCUT2D eigenvalue weighted by Gasteiger charge is -2.35. The number of hydrogen-bond donors (Lipinski definition) is 3. The minimum absolute atomic E-state index is 0.0314. The van der Waals surface area contributed by atoms with E-state index < -0.39 is 30.2 Å². The van der Waals surface area contributed by atoms with Crippen LogP contribution in [-0.2, 0) is 0 Å². The number of hydrogen-bond acceptors (Lipinski definition) is 6. The molecule has 9 heteroatoms. The summed E-state index contributed by atoms with van der Waals surface area (Å²) in [6.45, 7) is 3.64. The van der Waals surface area contributed by atoms with Crippen molar-refractivity contribution >= 4 is 17.5 Å². The van der Waals surface area contributed by atoms with Gasteiger partial charge in [-0.25, -0.2) is 13.2 Å². The Balaban J connectivity index is 1.97. The maximum Gasteiger partial charge on any atom is 0.252 e. The van der Waals surface area contributed by atoms with Gasteiger partial charge in [-0.3, -0.25) is 0 Å². The van der Waals surface area contributed by atoms with Gasteiger partial charge in [-0.15, -0.1) is 0 Å². The Kier molecular flexibility index (Phi) is 3.87. The van der Waals surface area contributed by atoms with Crippen LogP contribution >= 0.6 is 0 Å². The van der Waals surface area contributed by atoms with Crippen molar-refractivity contribution in [2.24, 2.45) is 0 Å². The highest BCUT2D eigenvalue weighted by Crippen LogP contribution is 2.39. The zero-order chi connectivity index (χ0) is 20.9. The molecule has 3 rings (SSSR count). The van der Waals surface area contributed by atoms with E-state index in [1.807, 2.05) is 13.8 Å². The van der Waals surface area contributed by atoms with Gasteiger partial charge in [0.1, 0.15) is 11.9 Å². The van der Waals surface area contributed by atoms with Crippen molar-refractivity contribution in [1.82, 2.24) is 15.0 Å². The third kappa shape index (κ3) is 4.20. The number of halogens is 3. The molecule has 6 nitrogen and oxygen atoms in total. The van der Waals surface area contributed by atoms with Gasteiger partial charge >= 0.3 is 0 Å². The molecule has 3 N–H and O–H groups in total. The first-order valence-corrected chi connectivity index (χ1v) is 8.09. The Morgan fingerprint density at radius 1 is 1.28 bits per heavy atom. The molecule has 1 saturated carbocycles. The van der Waals surface area contributed by atoms with E-state index in [1.165, 1.54) is 0 Å². The molecule has 0 saturated heterocycles. The predicted molar refractivity (Wildman–Crippen MR) is 88.1 cm³/mol. The first kappa shape index (κ1) is 14.3. The summed E-state index contributed by atoms with van der Waals surface area (Å²) < 4.78 is 63.9. The van der Waals surface area contributed by atoms with Gasteiger partial charge in [0.05, 0.1) is 1.37 Å². The maximum absolute atomic E-state index is 14.7. The lowest BCUT2D eigenvalue weighted by molar-refractivity contribution is -0.0794. The Morgan fingerprint density at radius 2 is 1.96 bits per heavy atom. The average Bonchev–Trinajstić information content (AvgIpc) is 2.50. The van der Waals surface area contributed by atoms with Crippen molar-refractivity contribution in [2.75, 3.05) is 10.6 Å². The number of allylic oxidation sites excluding steroid dienone is 1. The van der Waals surface area contributed by atoms with Crippen molar-refractivity contribution < 1.29 is 22.4 Å². The molecule has 0 bridgehead atoms. The molecule has 1 unspecified atom stereocenters. The van der Waals surface area contributed by atoms with Crippen LogP contribution in [0.2, 0.25) is 0 Å². The van der Waals surface area contributed by atoms with E-state index in [-0.39, 0.29) is 55.0 Å². The highest BCUT2D eigenvalue weighted by atomic mass is 19.3. The van der Waals surface area contributed by atoms with E-state index in [2.05, 4.69) is 25.6 Å². The molecule has 0 spiro atoms. The SMILES string of the molecule is [2H]C1([2H])CCC(c2nc(NC(C)C)nc(NC3CC(F)(F)C3)n2)=C(F)C1([2H])O. The summed E-state index contributed by atoms with van der Waals surface area (Å²) in [6, 6.07) is -0.617. The molecule has 2 aliphatic carbocycles. The lowest BCUT2D eigenvalue weighted by atomic mass is 9.88. The van der Waals surface area contributed by atoms with Crippen LogP contribution in [0, 0.1) is 0 Å². The largest absolute Gasteiger partial charge is 0.386 e. The molecule has 0 radical (unpaired) electrons. The van der Waals surface area contributed by atoms with E-state index in [4.69, 9.17) is 4.11 Å². The Bertz CT molecular complexity index is 796. The fourth-order valence-electron chi connectivity index (χ4n) is 2.69. The highest BCUT2D eigenvalue weighted by molar-refractivity contribution is 5.65. The average molecular weight is 360 g/mol. The molecule has 1 atom stereocenters. The maximum atomic E-state index is 14.7. The molecule has 2 aliphatic rings. The van der Waals surface area contributed by atoms with E-state index in [0.717, 1.165) is 0 Å². The van der Waals surface area contributed by atoms with Crippen LogP contribution < -0.4 is 10.6 Å². The van der Waals surface area contributed by atoms with Crippen LogP contribution in [0.25, 0.3) is 5.57 Å². The number of rotatable bonds is 5. The molecule has 25 heavy (non-hydrogen) atoms. The monoisotopic (exact) mass is 360 g/mol. The van der Waals surface area contributed by atoms with Crippen molar-refractivity contribution in [3.8, 4) is 0 Å². The third-order valence-corrected chi connectivity index (χ3v) is 3.89. The summed E-state index contributed by atoms with van der Waals surface area (Å²) in [5.74, 6) is -4.23. The second-order valence-corrected chi connectivity index (χ2v) is 6.53. The molecule has 1 aromatic heterocycles. The predicted octanol–water partition coefficient (Wildman–Crippen LogP) is 3.13. The van der Waals surface area contributed by atoms with E-state index >= 15 is 0 Å². The number of aliphatic hydroxyl groups is 1. The normalized spacial score (nSPS) is 30.3. The minimum atomic E-state index is -3.07. The summed E-state index contributed by atoms with van der Waals surface area (Å²) in [5, 5.41) is 15.7. The van der Waals surface area contributed by atoms with Gasteiger partial charge < -0.3 is 15.7 Å². The number of anilines is 2. The van der Waals surface area contributed by atoms with Gasteiger partial charge in [0.25, 0.3) is 5.92 Å². The molecule has 0 aliphatic heterocycles. The smallest absolute Gasteiger partial charge is 0.252 e. The molecule has 1 aromatic rings. The van der Waals surface area contributed by atoms with Crippen molar-refractivity contribution in [3.05, 3.63) is 11.7 Å². The third-order valence-electron chi connectivity index (χ3n) is 3.89. The zero-order valence-electron chi connectivity index (χ0n) is 16.9. The lowest BCUT2D eigenvalue weighted by Crippen LogP contribution is -2.44. The molecule has 1 fully saturated rings. The summed E-state index contributed by atoms with van der Waals surface area (Å²) in [6.07, 6.45) is -6.71. The van der Waals surface area contributed by atoms with Gasteiger partial charge in [-0.2, -0.15) is 15.0 Å². The van der Waals surface area contributed by atoms with E-state index in [0.29, 0.717) is 0 Å². The minimum Gasteiger partial charge on any atom is -0.386 e. The van der Waals surface area contributed by atoms with Gasteiger partial charge in [0.2, 0.25) is 11.9 Å². The summed E-state index contributed by atoms with van der Waals surface area (Å²) in [7, 11) is 0. The van der Waals surface area contributed by atoms with Gasteiger partial charge in [-0.1, -0.05) is 0 Å². The number of alkyl halides is 2. The van der Waals surface area contributed by atoms with Crippen LogP contribution in [0.5, 0.6) is 0 Å². The van der Waals surface area contributed by atoms with Crippen LogP contribution in [0.4, 0.5) is 25.1 Å². The second kappa shape index (κ2) is 6.78. The summed E-state index contributed by atoms with van der Waals surface area (Å²) in [5.41, 5.74) is -0.205. The standard InChI is InChI=1S/C16H22F3N5O/c1-8(2)20-14-22-13(10-4-3-5-11(25)12(10)17)23-15(24-14)21-9-6-16(18,19)7-9/h8-9,11,25H,3-7H2,1-2H3,(H2,20,21,22,23,24)/i5D2,11D. The van der Waals surface area contributed by atoms with Crippen molar-refractivity contribution in [3.63, 3.8) is 0 Å². The quantitative estimate of drug-likeness (QED) is 0.748. The fraction of sp³-hybridized carbons (Fsp3) is 0.688. The Morgan fingerprint density at radius 3 is 2.60 bits per heavy atom. The Hall–Kier alpha value is -1.90. The molecule has 1 heterocycles. The Labute approximate surface area is 148 Å². The summed E-state index contributed by atoms with van der Waals surface area (Å²) in [4.78, 5) is 12.3. The molecular weight excluding hydrogens is 335 g/mol. The zero-order valence-corrected chi connectivity index (χ0v) is 13.9.